The summed E-state index contributed by atoms with van der Waals surface area (Å²) in [6.07, 6.45) is -2.58. The SMILES string of the molecule is [N-]=[N+]=N[C@H]1[C@H](O)[C@@H](CO)O[C@@H]1CO. The summed E-state index contributed by atoms with van der Waals surface area (Å²) in [5, 5.41) is 30.2. The smallest absolute Gasteiger partial charge is 0.107 e. The summed E-state index contributed by atoms with van der Waals surface area (Å²) < 4.78 is 5.02. The molecule has 1 heterocycles. The molecule has 0 saturated carbocycles. The van der Waals surface area contributed by atoms with Crippen LogP contribution in [0.25, 0.3) is 10.4 Å². The lowest BCUT2D eigenvalue weighted by Gasteiger charge is -2.11. The summed E-state index contributed by atoms with van der Waals surface area (Å²) >= 11 is 0. The Bertz CT molecular complexity index is 216. The van der Waals surface area contributed by atoms with Gasteiger partial charge in [-0.1, -0.05) is 5.11 Å². The van der Waals surface area contributed by atoms with E-state index in [0.29, 0.717) is 0 Å². The van der Waals surface area contributed by atoms with E-state index in [4.69, 9.17) is 20.5 Å². The molecule has 13 heavy (non-hydrogen) atoms. The maximum Gasteiger partial charge on any atom is 0.107 e. The van der Waals surface area contributed by atoms with Gasteiger partial charge in [-0.3, -0.25) is 0 Å². The van der Waals surface area contributed by atoms with Gasteiger partial charge in [-0.05, 0) is 5.53 Å². The first-order valence-corrected chi connectivity index (χ1v) is 3.84. The molecule has 1 fully saturated rings. The summed E-state index contributed by atoms with van der Waals surface area (Å²) in [5.74, 6) is 0. The molecular weight excluding hydrogens is 178 g/mol. The lowest BCUT2D eigenvalue weighted by atomic mass is 10.1. The molecule has 0 aliphatic carbocycles. The van der Waals surface area contributed by atoms with Crippen LogP contribution in [0.1, 0.15) is 0 Å². The number of hydrogen-bond donors (Lipinski definition) is 3. The van der Waals surface area contributed by atoms with Gasteiger partial charge < -0.3 is 20.1 Å². The van der Waals surface area contributed by atoms with Crippen molar-refractivity contribution < 1.29 is 20.1 Å². The molecule has 0 spiro atoms. The molecule has 7 nitrogen and oxygen atoms in total. The van der Waals surface area contributed by atoms with E-state index in [1.807, 2.05) is 0 Å². The zero-order valence-corrected chi connectivity index (χ0v) is 6.82. The molecule has 0 aromatic rings. The fraction of sp³-hybridized carbons (Fsp3) is 1.00. The number of azide groups is 1. The maximum absolute atomic E-state index is 9.42. The average Bonchev–Trinajstić information content (AvgIpc) is 2.45. The van der Waals surface area contributed by atoms with Crippen LogP contribution in [-0.2, 0) is 4.74 Å². The van der Waals surface area contributed by atoms with E-state index in [9.17, 15) is 5.11 Å². The summed E-state index contributed by atoms with van der Waals surface area (Å²) in [5.41, 5.74) is 8.16. The van der Waals surface area contributed by atoms with Gasteiger partial charge in [0.15, 0.2) is 0 Å². The number of aliphatic hydroxyl groups is 3. The van der Waals surface area contributed by atoms with Crippen LogP contribution in [0.2, 0.25) is 0 Å². The number of nitrogens with zero attached hydrogens (tertiary/aromatic N) is 3. The molecule has 1 saturated heterocycles. The summed E-state index contributed by atoms with van der Waals surface area (Å²) in [4.78, 5) is 2.53. The molecule has 0 amide bonds. The molecule has 1 aliphatic heterocycles. The summed E-state index contributed by atoms with van der Waals surface area (Å²) in [6.45, 7) is -0.716. The van der Waals surface area contributed by atoms with Crippen LogP contribution in [0.15, 0.2) is 5.11 Å². The van der Waals surface area contributed by atoms with E-state index < -0.39 is 24.4 Å². The third-order valence-corrected chi connectivity index (χ3v) is 2.01. The van der Waals surface area contributed by atoms with Crippen molar-refractivity contribution in [3.8, 4) is 0 Å². The fourth-order valence-electron chi connectivity index (χ4n) is 1.33. The van der Waals surface area contributed by atoms with Gasteiger partial charge in [0, 0.05) is 4.91 Å². The van der Waals surface area contributed by atoms with E-state index in [1.165, 1.54) is 0 Å². The molecule has 1 rings (SSSR count). The number of hydrogen-bond acceptors (Lipinski definition) is 5. The molecule has 0 aromatic heterocycles. The predicted octanol–water partition coefficient (Wildman–Crippen LogP) is -1.22. The van der Waals surface area contributed by atoms with Crippen LogP contribution in [0, 0.1) is 0 Å². The van der Waals surface area contributed by atoms with Crippen molar-refractivity contribution in [3.05, 3.63) is 10.4 Å². The average molecular weight is 189 g/mol. The standard InChI is InChI=1S/C6H11N3O4/c7-9-8-5-3(1-10)13-4(2-11)6(5)12/h3-6,10-12H,1-2H2/t3-,4-,5-,6-/m1/s1. The van der Waals surface area contributed by atoms with Crippen molar-refractivity contribution in [1.82, 2.24) is 0 Å². The van der Waals surface area contributed by atoms with Crippen molar-refractivity contribution in [1.29, 1.82) is 0 Å². The van der Waals surface area contributed by atoms with Gasteiger partial charge in [-0.2, -0.15) is 0 Å². The topological polar surface area (TPSA) is 119 Å². The van der Waals surface area contributed by atoms with Gasteiger partial charge in [0.05, 0.1) is 31.5 Å². The van der Waals surface area contributed by atoms with E-state index in [1.54, 1.807) is 0 Å². The second kappa shape index (κ2) is 4.40. The van der Waals surface area contributed by atoms with Crippen molar-refractivity contribution in [2.24, 2.45) is 5.11 Å². The number of aliphatic hydroxyl groups excluding tert-OH is 3. The minimum atomic E-state index is -1.06. The first kappa shape index (κ1) is 10.2. The highest BCUT2D eigenvalue weighted by molar-refractivity contribution is 4.95. The van der Waals surface area contributed by atoms with E-state index in [0.717, 1.165) is 0 Å². The van der Waals surface area contributed by atoms with Gasteiger partial charge in [-0.15, -0.1) is 0 Å². The minimum Gasteiger partial charge on any atom is -0.394 e. The first-order valence-electron chi connectivity index (χ1n) is 3.84. The third-order valence-electron chi connectivity index (χ3n) is 2.01. The first-order chi connectivity index (χ1) is 6.24. The Labute approximate surface area is 74.2 Å². The third kappa shape index (κ3) is 1.90. The normalized spacial score (nSPS) is 38.7. The fourth-order valence-corrected chi connectivity index (χ4v) is 1.33. The van der Waals surface area contributed by atoms with Crippen LogP contribution in [-0.4, -0.2) is 52.9 Å². The molecule has 4 atom stereocenters. The Hall–Kier alpha value is -0.850. The van der Waals surface area contributed by atoms with Gasteiger partial charge in [0.1, 0.15) is 6.10 Å². The second-order valence-electron chi connectivity index (χ2n) is 2.76. The monoisotopic (exact) mass is 189 g/mol. The van der Waals surface area contributed by atoms with Crippen molar-refractivity contribution in [3.63, 3.8) is 0 Å². The zero-order valence-electron chi connectivity index (χ0n) is 6.82. The van der Waals surface area contributed by atoms with Crippen molar-refractivity contribution >= 4 is 0 Å². The highest BCUT2D eigenvalue weighted by Crippen LogP contribution is 2.23. The highest BCUT2D eigenvalue weighted by Gasteiger charge is 2.42. The molecule has 3 N–H and O–H groups in total. The number of ether oxygens (including phenoxy) is 1. The highest BCUT2D eigenvalue weighted by atomic mass is 16.5. The van der Waals surface area contributed by atoms with Crippen LogP contribution < -0.4 is 0 Å². The lowest BCUT2D eigenvalue weighted by molar-refractivity contribution is -0.0357. The number of rotatable bonds is 3. The second-order valence-corrected chi connectivity index (χ2v) is 2.76. The lowest BCUT2D eigenvalue weighted by Crippen LogP contribution is -2.33. The Balaban J connectivity index is 2.73. The van der Waals surface area contributed by atoms with Crippen LogP contribution in [0.5, 0.6) is 0 Å². The van der Waals surface area contributed by atoms with Crippen molar-refractivity contribution in [2.45, 2.75) is 24.4 Å². The van der Waals surface area contributed by atoms with Crippen LogP contribution in [0.3, 0.4) is 0 Å². The van der Waals surface area contributed by atoms with Gasteiger partial charge >= 0.3 is 0 Å². The molecule has 0 unspecified atom stereocenters. The molecule has 7 heteroatoms. The Kier molecular flexibility index (Phi) is 3.47. The maximum atomic E-state index is 9.42. The van der Waals surface area contributed by atoms with Crippen molar-refractivity contribution in [2.75, 3.05) is 13.2 Å². The minimum absolute atomic E-state index is 0.350. The largest absolute Gasteiger partial charge is 0.394 e. The quantitative estimate of drug-likeness (QED) is 0.293. The Morgan fingerprint density at radius 2 is 1.92 bits per heavy atom. The van der Waals surface area contributed by atoms with E-state index in [-0.39, 0.29) is 13.2 Å². The van der Waals surface area contributed by atoms with E-state index >= 15 is 0 Å². The predicted molar refractivity (Wildman–Crippen MR) is 41.8 cm³/mol. The summed E-state index contributed by atoms with van der Waals surface area (Å²) in [6, 6.07) is -0.827. The van der Waals surface area contributed by atoms with E-state index in [2.05, 4.69) is 10.0 Å². The van der Waals surface area contributed by atoms with Crippen LogP contribution >= 0.6 is 0 Å². The molecule has 0 bridgehead atoms. The van der Waals surface area contributed by atoms with Gasteiger partial charge in [0.2, 0.25) is 0 Å². The Morgan fingerprint density at radius 3 is 2.38 bits per heavy atom. The molecule has 1 aliphatic rings. The molecular formula is C6H11N3O4. The Morgan fingerprint density at radius 1 is 1.31 bits per heavy atom. The van der Waals surface area contributed by atoms with Gasteiger partial charge in [-0.25, -0.2) is 0 Å². The molecule has 74 valence electrons. The zero-order chi connectivity index (χ0) is 9.84. The van der Waals surface area contributed by atoms with Gasteiger partial charge in [0.25, 0.3) is 0 Å². The summed E-state index contributed by atoms with van der Waals surface area (Å²) in [7, 11) is 0. The van der Waals surface area contributed by atoms with Crippen LogP contribution in [0.4, 0.5) is 0 Å². The molecule has 0 aromatic carbocycles. The molecule has 0 radical (unpaired) electrons.